The van der Waals surface area contributed by atoms with Gasteiger partial charge in [-0.3, -0.25) is 0 Å². The fourth-order valence-corrected chi connectivity index (χ4v) is 2.40. The first-order chi connectivity index (χ1) is 10.1. The molecule has 0 amide bonds. The molecule has 112 valence electrons. The summed E-state index contributed by atoms with van der Waals surface area (Å²) >= 11 is 6.12. The molecule has 3 heteroatoms. The summed E-state index contributed by atoms with van der Waals surface area (Å²) < 4.78 is 5.93. The second kappa shape index (κ2) is 8.06. The smallest absolute Gasteiger partial charge is 0.122 e. The third-order valence-electron chi connectivity index (χ3n) is 3.27. The molecule has 0 aliphatic heterocycles. The van der Waals surface area contributed by atoms with E-state index >= 15 is 0 Å². The second-order valence-electron chi connectivity index (χ2n) is 5.42. The molecule has 0 N–H and O–H groups in total. The Kier molecular flexibility index (Phi) is 6.09. The van der Waals surface area contributed by atoms with Crippen LogP contribution in [0.5, 0.6) is 5.75 Å². The van der Waals surface area contributed by atoms with Crippen LogP contribution in [0.1, 0.15) is 17.5 Å². The number of rotatable bonds is 7. The van der Waals surface area contributed by atoms with Crippen molar-refractivity contribution in [2.45, 2.75) is 12.8 Å². The molecule has 0 unspecified atom stereocenters. The Balaban J connectivity index is 2.03. The molecule has 0 saturated carbocycles. The Morgan fingerprint density at radius 3 is 2.52 bits per heavy atom. The third kappa shape index (κ3) is 5.41. The number of hydrogen-bond donors (Lipinski definition) is 0. The van der Waals surface area contributed by atoms with Crippen molar-refractivity contribution < 1.29 is 4.74 Å². The lowest BCUT2D eigenvalue weighted by Gasteiger charge is -2.14. The molecule has 0 aliphatic carbocycles. The minimum absolute atomic E-state index is 0.724. The van der Waals surface area contributed by atoms with Crippen molar-refractivity contribution in [2.75, 3.05) is 27.2 Å². The molecule has 0 spiro atoms. The third-order valence-corrected chi connectivity index (χ3v) is 3.50. The Hall–Kier alpha value is -1.51. The van der Waals surface area contributed by atoms with E-state index in [-0.39, 0.29) is 0 Å². The summed E-state index contributed by atoms with van der Waals surface area (Å²) in [6.07, 6.45) is 1.85. The Bertz CT molecular complexity index is 554. The first-order valence-corrected chi connectivity index (χ1v) is 7.63. The fourth-order valence-electron chi connectivity index (χ4n) is 2.21. The molecule has 21 heavy (non-hydrogen) atoms. The van der Waals surface area contributed by atoms with Crippen LogP contribution in [0, 0.1) is 0 Å². The summed E-state index contributed by atoms with van der Waals surface area (Å²) in [6, 6.07) is 16.2. The van der Waals surface area contributed by atoms with Gasteiger partial charge in [0.2, 0.25) is 0 Å². The molecular formula is C18H22ClNO. The minimum Gasteiger partial charge on any atom is -0.493 e. The quantitative estimate of drug-likeness (QED) is 0.709. The lowest BCUT2D eigenvalue weighted by molar-refractivity contribution is 0.280. The van der Waals surface area contributed by atoms with E-state index in [9.17, 15) is 0 Å². The molecule has 0 aromatic heterocycles. The molecule has 2 nitrogen and oxygen atoms in total. The van der Waals surface area contributed by atoms with Crippen LogP contribution in [-0.2, 0) is 6.42 Å². The highest BCUT2D eigenvalue weighted by Gasteiger charge is 2.06. The number of halogens is 1. The molecule has 2 aromatic rings. The summed E-state index contributed by atoms with van der Waals surface area (Å²) in [5.74, 6) is 0.932. The van der Waals surface area contributed by atoms with E-state index in [2.05, 4.69) is 43.3 Å². The van der Waals surface area contributed by atoms with Crippen molar-refractivity contribution >= 4 is 11.6 Å². The topological polar surface area (TPSA) is 12.5 Å². The van der Waals surface area contributed by atoms with Crippen LogP contribution in [0.15, 0.2) is 48.5 Å². The van der Waals surface area contributed by atoms with Crippen LogP contribution < -0.4 is 4.74 Å². The first kappa shape index (κ1) is 15.9. The molecule has 0 radical (unpaired) electrons. The highest BCUT2D eigenvalue weighted by atomic mass is 35.5. The predicted molar refractivity (Wildman–Crippen MR) is 89.4 cm³/mol. The summed E-state index contributed by atoms with van der Waals surface area (Å²) in [5.41, 5.74) is 2.40. The molecule has 0 fully saturated rings. The van der Waals surface area contributed by atoms with Gasteiger partial charge in [0.25, 0.3) is 0 Å². The molecule has 0 atom stereocenters. The Morgan fingerprint density at radius 1 is 1.05 bits per heavy atom. The minimum atomic E-state index is 0.724. The van der Waals surface area contributed by atoms with E-state index < -0.39 is 0 Å². The molecular weight excluding hydrogens is 282 g/mol. The van der Waals surface area contributed by atoms with E-state index in [1.165, 1.54) is 5.56 Å². The van der Waals surface area contributed by atoms with E-state index in [4.69, 9.17) is 16.3 Å². The van der Waals surface area contributed by atoms with Gasteiger partial charge in [0.05, 0.1) is 6.61 Å². The standard InChI is InChI=1S/C18H22ClNO/c1-20(2)11-6-12-21-18-10-9-17(19)14-16(18)13-15-7-4-3-5-8-15/h3-5,7-10,14H,6,11-13H2,1-2H3. The van der Waals surface area contributed by atoms with Gasteiger partial charge in [-0.05, 0) is 49.8 Å². The number of hydrogen-bond acceptors (Lipinski definition) is 2. The normalized spacial score (nSPS) is 10.9. The molecule has 0 saturated heterocycles. The molecule has 0 aliphatic rings. The summed E-state index contributed by atoms with van der Waals surface area (Å²) in [4.78, 5) is 2.16. The van der Waals surface area contributed by atoms with Crippen molar-refractivity contribution in [1.29, 1.82) is 0 Å². The molecule has 2 rings (SSSR count). The zero-order valence-electron chi connectivity index (χ0n) is 12.7. The van der Waals surface area contributed by atoms with Crippen molar-refractivity contribution in [1.82, 2.24) is 4.90 Å². The average Bonchev–Trinajstić information content (AvgIpc) is 2.46. The average molecular weight is 304 g/mol. The van der Waals surface area contributed by atoms with E-state index in [1.54, 1.807) is 0 Å². The summed E-state index contributed by atoms with van der Waals surface area (Å²) in [6.45, 7) is 1.75. The maximum absolute atomic E-state index is 6.12. The van der Waals surface area contributed by atoms with Crippen molar-refractivity contribution in [3.8, 4) is 5.75 Å². The molecule has 0 heterocycles. The van der Waals surface area contributed by atoms with Crippen molar-refractivity contribution in [3.63, 3.8) is 0 Å². The van der Waals surface area contributed by atoms with Crippen LogP contribution in [-0.4, -0.2) is 32.1 Å². The van der Waals surface area contributed by atoms with E-state index in [0.29, 0.717) is 0 Å². The van der Waals surface area contributed by atoms with Gasteiger partial charge in [-0.15, -0.1) is 0 Å². The largest absolute Gasteiger partial charge is 0.493 e. The molecule has 0 bridgehead atoms. The summed E-state index contributed by atoms with van der Waals surface area (Å²) in [5, 5.41) is 0.751. The van der Waals surface area contributed by atoms with Gasteiger partial charge >= 0.3 is 0 Å². The number of ether oxygens (including phenoxy) is 1. The Morgan fingerprint density at radius 2 is 1.81 bits per heavy atom. The van der Waals surface area contributed by atoms with Crippen LogP contribution in [0.3, 0.4) is 0 Å². The second-order valence-corrected chi connectivity index (χ2v) is 5.86. The molecule has 2 aromatic carbocycles. The SMILES string of the molecule is CN(C)CCCOc1ccc(Cl)cc1Cc1ccccc1. The van der Waals surface area contributed by atoms with Gasteiger partial charge in [-0.2, -0.15) is 0 Å². The van der Waals surface area contributed by atoms with Crippen molar-refractivity contribution in [3.05, 3.63) is 64.7 Å². The van der Waals surface area contributed by atoms with E-state index in [0.717, 1.165) is 42.3 Å². The monoisotopic (exact) mass is 303 g/mol. The summed E-state index contributed by atoms with van der Waals surface area (Å²) in [7, 11) is 4.15. The first-order valence-electron chi connectivity index (χ1n) is 7.25. The predicted octanol–water partition coefficient (Wildman–Crippen LogP) is 4.26. The number of nitrogens with zero attached hydrogens (tertiary/aromatic N) is 1. The van der Waals surface area contributed by atoms with Gasteiger partial charge in [-0.1, -0.05) is 41.9 Å². The highest BCUT2D eigenvalue weighted by Crippen LogP contribution is 2.25. The van der Waals surface area contributed by atoms with Crippen LogP contribution in [0.2, 0.25) is 5.02 Å². The van der Waals surface area contributed by atoms with Crippen LogP contribution in [0.4, 0.5) is 0 Å². The zero-order valence-corrected chi connectivity index (χ0v) is 13.4. The van der Waals surface area contributed by atoms with Crippen LogP contribution >= 0.6 is 11.6 Å². The maximum atomic E-state index is 6.12. The lowest BCUT2D eigenvalue weighted by Crippen LogP contribution is -2.15. The fraction of sp³-hybridized carbons (Fsp3) is 0.333. The van der Waals surface area contributed by atoms with Crippen molar-refractivity contribution in [2.24, 2.45) is 0 Å². The van der Waals surface area contributed by atoms with Gasteiger partial charge < -0.3 is 9.64 Å². The van der Waals surface area contributed by atoms with Gasteiger partial charge in [-0.25, -0.2) is 0 Å². The zero-order chi connectivity index (χ0) is 15.1. The maximum Gasteiger partial charge on any atom is 0.122 e. The lowest BCUT2D eigenvalue weighted by atomic mass is 10.0. The van der Waals surface area contributed by atoms with E-state index in [1.807, 2.05) is 24.3 Å². The highest BCUT2D eigenvalue weighted by molar-refractivity contribution is 6.30. The van der Waals surface area contributed by atoms with Gasteiger partial charge in [0.1, 0.15) is 5.75 Å². The van der Waals surface area contributed by atoms with Crippen LogP contribution in [0.25, 0.3) is 0 Å². The van der Waals surface area contributed by atoms with Gasteiger partial charge in [0, 0.05) is 18.0 Å². The number of benzene rings is 2. The Labute approximate surface area is 132 Å². The van der Waals surface area contributed by atoms with Gasteiger partial charge in [0.15, 0.2) is 0 Å².